The molecule has 2 aliphatic carbocycles. The minimum atomic E-state index is -2.38. The molecule has 5 atom stereocenters. The van der Waals surface area contributed by atoms with Crippen molar-refractivity contribution in [2.75, 3.05) is 13.6 Å². The van der Waals surface area contributed by atoms with Crippen LogP contribution in [0.1, 0.15) is 17.5 Å². The summed E-state index contributed by atoms with van der Waals surface area (Å²) in [4.78, 5) is 2.20. The summed E-state index contributed by atoms with van der Waals surface area (Å²) in [7, 11) is 2.01. The molecule has 3 heterocycles. The highest BCUT2D eigenvalue weighted by Crippen LogP contribution is 2.68. The minimum absolute atomic E-state index is 0.00195. The number of aromatic hydroxyl groups is 1. The van der Waals surface area contributed by atoms with Crippen LogP contribution in [0.5, 0.6) is 11.5 Å². The first kappa shape index (κ1) is 16.5. The monoisotopic (exact) mass is 387 g/mol. The fraction of sp³-hybridized carbons (Fsp3) is 0.500. The summed E-state index contributed by atoms with van der Waals surface area (Å²) in [6.45, 7) is 0.663. The molecular weight excluding hydrogens is 366 g/mol. The van der Waals surface area contributed by atoms with Crippen molar-refractivity contribution in [2.24, 2.45) is 5.92 Å². The lowest BCUT2D eigenvalue weighted by Gasteiger charge is -2.61. The van der Waals surface area contributed by atoms with E-state index in [-0.39, 0.29) is 23.5 Å². The molecule has 6 rings (SSSR count). The zero-order chi connectivity index (χ0) is 19.5. The van der Waals surface area contributed by atoms with Crippen LogP contribution in [0.2, 0.25) is 0 Å². The third kappa shape index (κ3) is 1.47. The highest BCUT2D eigenvalue weighted by molar-refractivity contribution is 5.63. The Morgan fingerprint density at radius 3 is 2.64 bits per heavy atom. The molecule has 8 nitrogen and oxygen atoms in total. The molecule has 1 aromatic rings. The van der Waals surface area contributed by atoms with Crippen LogP contribution >= 0.6 is 0 Å². The smallest absolute Gasteiger partial charge is 0.282 e. The van der Waals surface area contributed by atoms with E-state index in [1.165, 1.54) is 18.6 Å². The Morgan fingerprint density at radius 2 is 1.89 bits per heavy atom. The first-order chi connectivity index (χ1) is 13.3. The van der Waals surface area contributed by atoms with E-state index in [2.05, 4.69) is 4.90 Å². The molecule has 2 bridgehead atoms. The SMILES string of the molecule is CN1CC[C@]23c4c5ccc(O)c4O[C@@]2(O)[C@](O)(C2OC=CO2)C(O)=C[C@H]3[C@H]1C5. The lowest BCUT2D eigenvalue weighted by atomic mass is 9.49. The van der Waals surface area contributed by atoms with E-state index in [0.29, 0.717) is 24.9 Å². The summed E-state index contributed by atoms with van der Waals surface area (Å²) in [6.07, 6.45) is 3.86. The van der Waals surface area contributed by atoms with E-state index in [4.69, 9.17) is 14.2 Å². The molecule has 1 aromatic carbocycles. The van der Waals surface area contributed by atoms with Crippen LogP contribution in [0.3, 0.4) is 0 Å². The molecule has 5 aliphatic rings. The van der Waals surface area contributed by atoms with Crippen LogP contribution in [0.4, 0.5) is 0 Å². The Balaban J connectivity index is 1.69. The number of nitrogens with zero attached hydrogens (tertiary/aromatic N) is 1. The van der Waals surface area contributed by atoms with Gasteiger partial charge in [-0.2, -0.15) is 0 Å². The quantitative estimate of drug-likeness (QED) is 0.555. The third-order valence-corrected chi connectivity index (χ3v) is 7.41. The first-order valence-corrected chi connectivity index (χ1v) is 9.41. The molecule has 1 fully saturated rings. The van der Waals surface area contributed by atoms with Gasteiger partial charge in [-0.05, 0) is 44.1 Å². The van der Waals surface area contributed by atoms with E-state index in [1.54, 1.807) is 6.08 Å². The number of ether oxygens (including phenoxy) is 3. The molecule has 0 radical (unpaired) electrons. The van der Waals surface area contributed by atoms with Crippen LogP contribution < -0.4 is 4.74 Å². The van der Waals surface area contributed by atoms with E-state index in [9.17, 15) is 20.4 Å². The number of benzene rings is 1. The summed E-state index contributed by atoms with van der Waals surface area (Å²) in [5.74, 6) is -3.02. The fourth-order valence-electron chi connectivity index (χ4n) is 6.12. The molecule has 0 aromatic heterocycles. The summed E-state index contributed by atoms with van der Waals surface area (Å²) in [5, 5.41) is 45.1. The Labute approximate surface area is 160 Å². The molecule has 3 aliphatic heterocycles. The van der Waals surface area contributed by atoms with Gasteiger partial charge in [-0.15, -0.1) is 0 Å². The molecular formula is C20H21NO7. The number of piperidine rings is 1. The predicted molar refractivity (Wildman–Crippen MR) is 94.4 cm³/mol. The summed E-state index contributed by atoms with van der Waals surface area (Å²) in [5.41, 5.74) is -1.77. The van der Waals surface area contributed by atoms with Crippen LogP contribution in [0.15, 0.2) is 36.5 Å². The molecule has 0 unspecified atom stereocenters. The van der Waals surface area contributed by atoms with Gasteiger partial charge < -0.3 is 39.5 Å². The maximum atomic E-state index is 12.0. The van der Waals surface area contributed by atoms with Crippen molar-refractivity contribution in [3.05, 3.63) is 47.6 Å². The molecule has 0 amide bonds. The Bertz CT molecular complexity index is 952. The van der Waals surface area contributed by atoms with Crippen molar-refractivity contribution in [3.8, 4) is 11.5 Å². The van der Waals surface area contributed by atoms with Crippen molar-refractivity contribution < 1.29 is 34.6 Å². The normalized spacial score (nSPS) is 43.0. The second-order valence-electron chi connectivity index (χ2n) is 8.39. The summed E-state index contributed by atoms with van der Waals surface area (Å²) >= 11 is 0. The standard InChI is InChI=1S/C20H21NO7/c1-21-5-4-18-11-9-14(23)19(24,17-26-6-7-27-17)20(18,25)28-16-13(22)3-2-10(15(16)18)8-12(11)21/h2-3,6-7,9,11-12,17,22-25H,4-5,8H2,1H3/t11-,12+,18-,19+,20+/m0/s1. The van der Waals surface area contributed by atoms with Crippen molar-refractivity contribution >= 4 is 0 Å². The minimum Gasteiger partial charge on any atom is -0.509 e. The summed E-state index contributed by atoms with van der Waals surface area (Å²) in [6, 6.07) is 3.38. The molecule has 148 valence electrons. The fourth-order valence-corrected chi connectivity index (χ4v) is 6.12. The lowest BCUT2D eigenvalue weighted by Crippen LogP contribution is -2.79. The van der Waals surface area contributed by atoms with Gasteiger partial charge in [0.25, 0.3) is 17.7 Å². The van der Waals surface area contributed by atoms with Gasteiger partial charge in [-0.1, -0.05) is 6.07 Å². The third-order valence-electron chi connectivity index (χ3n) is 7.41. The molecule has 0 saturated carbocycles. The zero-order valence-electron chi connectivity index (χ0n) is 15.2. The Hall–Kier alpha value is -2.42. The Kier molecular flexibility index (Phi) is 2.81. The van der Waals surface area contributed by atoms with Gasteiger partial charge in [-0.25, -0.2) is 0 Å². The van der Waals surface area contributed by atoms with Crippen LogP contribution in [0, 0.1) is 5.92 Å². The van der Waals surface area contributed by atoms with E-state index in [0.717, 1.165) is 5.56 Å². The summed E-state index contributed by atoms with van der Waals surface area (Å²) < 4.78 is 16.7. The van der Waals surface area contributed by atoms with E-state index < -0.39 is 28.9 Å². The molecule has 8 heteroatoms. The topological polar surface area (TPSA) is 112 Å². The number of hydrogen-bond donors (Lipinski definition) is 4. The largest absolute Gasteiger partial charge is 0.509 e. The second kappa shape index (κ2) is 4.76. The highest BCUT2D eigenvalue weighted by Gasteiger charge is 2.81. The number of hydrogen-bond acceptors (Lipinski definition) is 8. The maximum absolute atomic E-state index is 12.0. The number of likely N-dealkylation sites (tertiary alicyclic amines) is 1. The molecule has 4 N–H and O–H groups in total. The molecule has 1 spiro atoms. The van der Waals surface area contributed by atoms with Crippen molar-refractivity contribution in [1.29, 1.82) is 0 Å². The van der Waals surface area contributed by atoms with Gasteiger partial charge in [0, 0.05) is 17.5 Å². The first-order valence-electron chi connectivity index (χ1n) is 9.41. The number of likely N-dealkylation sites (N-methyl/N-ethyl adjacent to an activating group) is 1. The van der Waals surface area contributed by atoms with Gasteiger partial charge in [0.15, 0.2) is 11.5 Å². The molecule has 1 saturated heterocycles. The van der Waals surface area contributed by atoms with Crippen LogP contribution in [-0.4, -0.2) is 62.6 Å². The number of phenolic OH excluding ortho intramolecular Hbond substituents is 1. The zero-order valence-corrected chi connectivity index (χ0v) is 15.2. The van der Waals surface area contributed by atoms with Crippen molar-refractivity contribution in [1.82, 2.24) is 4.90 Å². The van der Waals surface area contributed by atoms with Crippen LogP contribution in [-0.2, 0) is 21.3 Å². The van der Waals surface area contributed by atoms with Gasteiger partial charge in [0.05, 0.1) is 5.41 Å². The van der Waals surface area contributed by atoms with Crippen LogP contribution in [0.25, 0.3) is 0 Å². The average Bonchev–Trinajstić information content (AvgIpc) is 3.29. The molecule has 28 heavy (non-hydrogen) atoms. The Morgan fingerprint density at radius 1 is 1.14 bits per heavy atom. The number of aliphatic hydroxyl groups is 3. The lowest BCUT2D eigenvalue weighted by molar-refractivity contribution is -0.344. The number of rotatable bonds is 1. The second-order valence-corrected chi connectivity index (χ2v) is 8.39. The van der Waals surface area contributed by atoms with Crippen molar-refractivity contribution in [2.45, 2.75) is 42.0 Å². The number of aliphatic hydroxyl groups excluding tert-OH is 1. The predicted octanol–water partition coefficient (Wildman–Crippen LogP) is 0.618. The average molecular weight is 387 g/mol. The van der Waals surface area contributed by atoms with E-state index in [1.807, 2.05) is 13.1 Å². The van der Waals surface area contributed by atoms with Gasteiger partial charge in [-0.3, -0.25) is 0 Å². The van der Waals surface area contributed by atoms with Gasteiger partial charge in [0.1, 0.15) is 18.3 Å². The van der Waals surface area contributed by atoms with Gasteiger partial charge in [0.2, 0.25) is 0 Å². The van der Waals surface area contributed by atoms with Gasteiger partial charge >= 0.3 is 0 Å². The number of phenols is 1. The van der Waals surface area contributed by atoms with Crippen molar-refractivity contribution in [3.63, 3.8) is 0 Å². The maximum Gasteiger partial charge on any atom is 0.282 e. The van der Waals surface area contributed by atoms with E-state index >= 15 is 0 Å². The highest BCUT2D eigenvalue weighted by atomic mass is 16.7.